The summed E-state index contributed by atoms with van der Waals surface area (Å²) in [5, 5.41) is 3.76. The highest BCUT2D eigenvalue weighted by Crippen LogP contribution is 2.38. The predicted molar refractivity (Wildman–Crippen MR) is 181 cm³/mol. The normalized spacial score (nSPS) is 16.4. The lowest BCUT2D eigenvalue weighted by atomic mass is 10.0. The van der Waals surface area contributed by atoms with Crippen LogP contribution < -0.4 is 15.9 Å². The molecular weight excluding hydrogens is 590 g/mol. The monoisotopic (exact) mass is 629 g/mol. The SMILES string of the molecule is C.C=CC(=O)N1C[C@H](C)N(c2nc(=O)n(-c3c(C)ccnc3C(C)C)c3nc(-c4ccccc4NC(C)=O)c(Cl)cc23)C[C@H]1C. The Balaban J connectivity index is 0.00000461. The topological polar surface area (TPSA) is 113 Å². The molecule has 45 heavy (non-hydrogen) atoms. The lowest BCUT2D eigenvalue weighted by Crippen LogP contribution is -2.58. The number of rotatable bonds is 6. The third-order valence-electron chi connectivity index (χ3n) is 7.93. The number of benzene rings is 1. The average Bonchev–Trinajstić information content (AvgIpc) is 2.97. The molecule has 10 nitrogen and oxygen atoms in total. The van der Waals surface area contributed by atoms with Crippen molar-refractivity contribution in [3.8, 4) is 16.9 Å². The van der Waals surface area contributed by atoms with Gasteiger partial charge in [0.2, 0.25) is 11.8 Å². The largest absolute Gasteiger partial charge is 0.355 e. The van der Waals surface area contributed by atoms with Crippen LogP contribution in [0.15, 0.2) is 60.0 Å². The Hall–Kier alpha value is -4.57. The second-order valence-corrected chi connectivity index (χ2v) is 11.9. The van der Waals surface area contributed by atoms with Gasteiger partial charge in [0.05, 0.1) is 33.2 Å². The second-order valence-electron chi connectivity index (χ2n) is 11.5. The molecule has 1 aromatic carbocycles. The molecular formula is C34H40ClN7O3. The van der Waals surface area contributed by atoms with E-state index in [2.05, 4.69) is 21.9 Å². The molecule has 2 amide bonds. The van der Waals surface area contributed by atoms with E-state index in [1.807, 2.05) is 63.8 Å². The van der Waals surface area contributed by atoms with Gasteiger partial charge in [-0.25, -0.2) is 14.3 Å². The molecule has 0 bridgehead atoms. The molecule has 0 radical (unpaired) electrons. The van der Waals surface area contributed by atoms with Gasteiger partial charge in [0.15, 0.2) is 5.65 Å². The van der Waals surface area contributed by atoms with Crippen molar-refractivity contribution >= 4 is 46.0 Å². The Morgan fingerprint density at radius 3 is 2.49 bits per heavy atom. The molecule has 3 aromatic heterocycles. The highest BCUT2D eigenvalue weighted by molar-refractivity contribution is 6.34. The van der Waals surface area contributed by atoms with Gasteiger partial charge in [-0.1, -0.05) is 57.7 Å². The van der Waals surface area contributed by atoms with Crippen LogP contribution in [0, 0.1) is 6.92 Å². The minimum atomic E-state index is -0.508. The summed E-state index contributed by atoms with van der Waals surface area (Å²) < 4.78 is 1.52. The summed E-state index contributed by atoms with van der Waals surface area (Å²) in [5.74, 6) is 0.0744. The van der Waals surface area contributed by atoms with Crippen LogP contribution in [0.25, 0.3) is 28.0 Å². The van der Waals surface area contributed by atoms with E-state index in [1.165, 1.54) is 17.6 Å². The lowest BCUT2D eigenvalue weighted by molar-refractivity contribution is -0.128. The number of nitrogens with zero attached hydrogens (tertiary/aromatic N) is 6. The highest BCUT2D eigenvalue weighted by atomic mass is 35.5. The molecule has 1 fully saturated rings. The standard InChI is InChI=1S/C33H36ClN7O3.CH4/c1-8-27(43)39-16-21(6)40(17-20(39)5)31-24-15-25(34)29(23-11-9-10-12-26(23)36-22(7)42)37-32(24)41(33(44)38-31)30-19(4)13-14-35-28(30)18(2)3;/h8-15,18,20-21H,1,16-17H2,2-7H3,(H,36,42);1H4/t20-,21+;/m1./s1. The van der Waals surface area contributed by atoms with Gasteiger partial charge in [0.1, 0.15) is 5.82 Å². The maximum Gasteiger partial charge on any atom is 0.355 e. The molecule has 0 unspecified atom stereocenters. The first-order valence-corrected chi connectivity index (χ1v) is 15.0. The zero-order chi connectivity index (χ0) is 31.9. The Morgan fingerprint density at radius 2 is 1.82 bits per heavy atom. The number of carbonyl (C=O) groups excluding carboxylic acids is 2. The molecule has 5 rings (SSSR count). The number of aromatic nitrogens is 4. The van der Waals surface area contributed by atoms with E-state index >= 15 is 0 Å². The van der Waals surface area contributed by atoms with Crippen molar-refractivity contribution in [2.24, 2.45) is 0 Å². The molecule has 0 spiro atoms. The summed E-state index contributed by atoms with van der Waals surface area (Å²) in [6, 6.07) is 10.6. The number of hydrogen-bond acceptors (Lipinski definition) is 7. The van der Waals surface area contributed by atoms with Crippen LogP contribution in [0.3, 0.4) is 0 Å². The molecule has 0 saturated carbocycles. The van der Waals surface area contributed by atoms with Crippen LogP contribution >= 0.6 is 11.6 Å². The summed E-state index contributed by atoms with van der Waals surface area (Å²) in [4.78, 5) is 56.8. The van der Waals surface area contributed by atoms with Gasteiger partial charge in [0.25, 0.3) is 0 Å². The van der Waals surface area contributed by atoms with Crippen molar-refractivity contribution in [2.75, 3.05) is 23.3 Å². The van der Waals surface area contributed by atoms with E-state index in [4.69, 9.17) is 16.6 Å². The summed E-state index contributed by atoms with van der Waals surface area (Å²) in [6.07, 6.45) is 3.05. The molecule has 11 heteroatoms. The first-order valence-electron chi connectivity index (χ1n) is 14.6. The quantitative estimate of drug-likeness (QED) is 0.255. The average molecular weight is 630 g/mol. The third-order valence-corrected chi connectivity index (χ3v) is 8.22. The number of halogens is 1. The van der Waals surface area contributed by atoms with Crippen molar-refractivity contribution in [3.63, 3.8) is 0 Å². The summed E-state index contributed by atoms with van der Waals surface area (Å²) in [6.45, 7) is 15.9. The molecule has 1 N–H and O–H groups in total. The van der Waals surface area contributed by atoms with Crippen LogP contribution in [0.1, 0.15) is 59.2 Å². The second kappa shape index (κ2) is 13.2. The van der Waals surface area contributed by atoms with Crippen LogP contribution in [-0.2, 0) is 9.59 Å². The van der Waals surface area contributed by atoms with Gasteiger partial charge < -0.3 is 15.1 Å². The number of nitrogens with one attached hydrogen (secondary N) is 1. The molecule has 4 aromatic rings. The molecule has 4 heterocycles. The maximum absolute atomic E-state index is 14.2. The van der Waals surface area contributed by atoms with Gasteiger partial charge in [-0.15, -0.1) is 0 Å². The molecule has 236 valence electrons. The van der Waals surface area contributed by atoms with Gasteiger partial charge in [-0.2, -0.15) is 4.98 Å². The van der Waals surface area contributed by atoms with Crippen molar-refractivity contribution in [1.82, 2.24) is 24.4 Å². The van der Waals surface area contributed by atoms with E-state index in [0.717, 1.165) is 11.3 Å². The molecule has 1 saturated heterocycles. The van der Waals surface area contributed by atoms with E-state index in [9.17, 15) is 14.4 Å². The number of pyridine rings is 2. The van der Waals surface area contributed by atoms with Gasteiger partial charge >= 0.3 is 5.69 Å². The van der Waals surface area contributed by atoms with Crippen LogP contribution in [0.2, 0.25) is 5.02 Å². The fourth-order valence-corrected chi connectivity index (χ4v) is 6.09. The highest BCUT2D eigenvalue weighted by Gasteiger charge is 2.34. The number of amides is 2. The van der Waals surface area contributed by atoms with E-state index in [1.54, 1.807) is 23.2 Å². The zero-order valence-electron chi connectivity index (χ0n) is 25.8. The molecule has 2 atom stereocenters. The lowest BCUT2D eigenvalue weighted by Gasteiger charge is -2.44. The first-order chi connectivity index (χ1) is 20.9. The Labute approximate surface area is 268 Å². The van der Waals surface area contributed by atoms with E-state index in [0.29, 0.717) is 57.6 Å². The predicted octanol–water partition coefficient (Wildman–Crippen LogP) is 6.13. The Bertz CT molecular complexity index is 1850. The number of aryl methyl sites for hydroxylation is 1. The summed E-state index contributed by atoms with van der Waals surface area (Å²) in [7, 11) is 0. The van der Waals surface area contributed by atoms with E-state index < -0.39 is 5.69 Å². The number of piperazine rings is 1. The number of hydrogen-bond donors (Lipinski definition) is 1. The smallest absolute Gasteiger partial charge is 0.349 e. The van der Waals surface area contributed by atoms with Crippen LogP contribution in [0.5, 0.6) is 0 Å². The molecule has 1 aliphatic rings. The Kier molecular flexibility index (Phi) is 9.77. The summed E-state index contributed by atoms with van der Waals surface area (Å²) in [5.41, 5.74) is 3.61. The van der Waals surface area contributed by atoms with Crippen molar-refractivity contribution in [1.29, 1.82) is 0 Å². The summed E-state index contributed by atoms with van der Waals surface area (Å²) >= 11 is 6.97. The minimum Gasteiger partial charge on any atom is -0.349 e. The van der Waals surface area contributed by atoms with Gasteiger partial charge in [-0.3, -0.25) is 14.6 Å². The fraction of sp³-hybridized carbons (Fsp3) is 0.353. The number of fused-ring (bicyclic) bond motifs is 1. The maximum atomic E-state index is 14.2. The number of carbonyl (C=O) groups is 2. The third kappa shape index (κ3) is 6.20. The Morgan fingerprint density at radius 1 is 1.11 bits per heavy atom. The molecule has 1 aliphatic heterocycles. The van der Waals surface area contributed by atoms with Crippen LogP contribution in [-0.4, -0.2) is 61.4 Å². The number of para-hydroxylation sites is 1. The molecule has 0 aliphatic carbocycles. The van der Waals surface area contributed by atoms with Crippen molar-refractivity contribution in [3.05, 3.63) is 82.0 Å². The van der Waals surface area contributed by atoms with Crippen LogP contribution in [0.4, 0.5) is 11.5 Å². The minimum absolute atomic E-state index is 0. The fourth-order valence-electron chi connectivity index (χ4n) is 5.83. The van der Waals surface area contributed by atoms with Crippen molar-refractivity contribution in [2.45, 2.75) is 67.0 Å². The first kappa shape index (κ1) is 33.3. The number of anilines is 2. The zero-order valence-corrected chi connectivity index (χ0v) is 26.5. The van der Waals surface area contributed by atoms with Crippen molar-refractivity contribution < 1.29 is 9.59 Å². The van der Waals surface area contributed by atoms with E-state index in [-0.39, 0.29) is 37.2 Å². The van der Waals surface area contributed by atoms with Gasteiger partial charge in [-0.05, 0) is 56.5 Å². The van der Waals surface area contributed by atoms with Gasteiger partial charge in [0, 0.05) is 43.9 Å².